The van der Waals surface area contributed by atoms with Gasteiger partial charge in [-0.1, -0.05) is 43.3 Å². The maximum atomic E-state index is 13.4. The summed E-state index contributed by atoms with van der Waals surface area (Å²) in [7, 11) is 0. The largest absolute Gasteiger partial charge is 0.462 e. The predicted octanol–water partition coefficient (Wildman–Crippen LogP) is 4.03. The van der Waals surface area contributed by atoms with Crippen molar-refractivity contribution >= 4 is 28.6 Å². The van der Waals surface area contributed by atoms with Crippen LogP contribution in [0.5, 0.6) is 0 Å². The van der Waals surface area contributed by atoms with Crippen molar-refractivity contribution in [1.29, 1.82) is 0 Å². The molecule has 0 bridgehead atoms. The van der Waals surface area contributed by atoms with E-state index in [1.807, 2.05) is 51.1 Å². The van der Waals surface area contributed by atoms with Crippen LogP contribution in [0.3, 0.4) is 0 Å². The van der Waals surface area contributed by atoms with Gasteiger partial charge < -0.3 is 9.30 Å². The van der Waals surface area contributed by atoms with Gasteiger partial charge in [-0.2, -0.15) is 4.99 Å². The van der Waals surface area contributed by atoms with Crippen LogP contribution in [0.25, 0.3) is 16.7 Å². The summed E-state index contributed by atoms with van der Waals surface area (Å²) in [5.41, 5.74) is 1.52. The molecular weight excluding hydrogens is 444 g/mol. The fourth-order valence-electron chi connectivity index (χ4n) is 4.22. The van der Waals surface area contributed by atoms with Crippen molar-refractivity contribution < 1.29 is 14.3 Å². The molecule has 8 heteroatoms. The maximum Gasteiger partial charge on any atom is 0.341 e. The first kappa shape index (κ1) is 24.1. The van der Waals surface area contributed by atoms with Crippen LogP contribution in [-0.2, 0) is 9.53 Å². The Morgan fingerprint density at radius 3 is 2.43 bits per heavy atom. The predicted molar refractivity (Wildman–Crippen MR) is 133 cm³/mol. The standard InChI is InChI=1S/C27H28N4O4/c1-5-19(18-12-8-7-9-13-18)25(32)29-24-21(27(34)35-6-2)16-20-23(31(24)17(3)4)28-22-14-10-11-15-30(22)26(20)33/h7-17,19H,5-6H2,1-4H3/t19-/m0/s1. The third kappa shape index (κ3) is 4.51. The molecule has 180 valence electrons. The first-order valence-corrected chi connectivity index (χ1v) is 11.7. The molecule has 4 rings (SSSR count). The van der Waals surface area contributed by atoms with Crippen molar-refractivity contribution in [2.75, 3.05) is 6.61 Å². The van der Waals surface area contributed by atoms with Crippen LogP contribution >= 0.6 is 0 Å². The van der Waals surface area contributed by atoms with E-state index in [-0.39, 0.29) is 40.6 Å². The zero-order valence-corrected chi connectivity index (χ0v) is 20.3. The molecule has 1 atom stereocenters. The van der Waals surface area contributed by atoms with E-state index in [1.165, 1.54) is 10.5 Å². The van der Waals surface area contributed by atoms with E-state index in [0.717, 1.165) is 5.56 Å². The summed E-state index contributed by atoms with van der Waals surface area (Å²) < 4.78 is 8.38. The number of amides is 1. The van der Waals surface area contributed by atoms with E-state index in [0.29, 0.717) is 17.7 Å². The number of ether oxygens (including phenoxy) is 1. The summed E-state index contributed by atoms with van der Waals surface area (Å²) in [5, 5.41) is 0.243. The van der Waals surface area contributed by atoms with Gasteiger partial charge in [-0.25, -0.2) is 9.78 Å². The number of esters is 1. The van der Waals surface area contributed by atoms with Crippen molar-refractivity contribution in [3.05, 3.63) is 87.8 Å². The molecule has 0 N–H and O–H groups in total. The van der Waals surface area contributed by atoms with E-state index in [4.69, 9.17) is 9.72 Å². The Kier molecular flexibility index (Phi) is 6.91. The first-order valence-electron chi connectivity index (χ1n) is 11.7. The fourth-order valence-corrected chi connectivity index (χ4v) is 4.22. The Balaban J connectivity index is 2.09. The van der Waals surface area contributed by atoms with Crippen LogP contribution in [0.15, 0.2) is 70.6 Å². The summed E-state index contributed by atoms with van der Waals surface area (Å²) in [6, 6.07) is 15.9. The minimum atomic E-state index is -0.652. The Bertz CT molecular complexity index is 1530. The fraction of sp³-hybridized carbons (Fsp3) is 0.296. The van der Waals surface area contributed by atoms with E-state index in [1.54, 1.807) is 35.9 Å². The van der Waals surface area contributed by atoms with Gasteiger partial charge in [0.05, 0.1) is 17.9 Å². The molecule has 0 saturated carbocycles. The molecule has 0 saturated heterocycles. The van der Waals surface area contributed by atoms with Crippen LogP contribution in [0.4, 0.5) is 0 Å². The number of carbonyl (C=O) groups excluding carboxylic acids is 2. The highest BCUT2D eigenvalue weighted by Gasteiger charge is 2.23. The lowest BCUT2D eigenvalue weighted by atomic mass is 9.96. The number of benzene rings is 1. The topological polar surface area (TPSA) is 95.0 Å². The SMILES string of the molecule is CCOC(=O)c1cc2c(=O)n3ccccc3nc2n(C(C)C)c1=NC(=O)[C@@H](CC)c1ccccc1. The van der Waals surface area contributed by atoms with Crippen molar-refractivity contribution in [3.8, 4) is 0 Å². The molecule has 0 radical (unpaired) electrons. The van der Waals surface area contributed by atoms with E-state index >= 15 is 0 Å². The average molecular weight is 473 g/mol. The van der Waals surface area contributed by atoms with Crippen LogP contribution in [-0.4, -0.2) is 32.4 Å². The highest BCUT2D eigenvalue weighted by Crippen LogP contribution is 2.21. The molecule has 4 aromatic rings. The molecule has 0 aliphatic carbocycles. The second-order valence-electron chi connectivity index (χ2n) is 8.47. The Morgan fingerprint density at radius 2 is 1.77 bits per heavy atom. The van der Waals surface area contributed by atoms with Crippen molar-refractivity contribution in [2.45, 2.75) is 46.1 Å². The smallest absolute Gasteiger partial charge is 0.341 e. The second kappa shape index (κ2) is 10.0. The van der Waals surface area contributed by atoms with Crippen LogP contribution in [0.1, 0.15) is 62.0 Å². The minimum absolute atomic E-state index is 0.0547. The highest BCUT2D eigenvalue weighted by atomic mass is 16.5. The van der Waals surface area contributed by atoms with E-state index < -0.39 is 11.9 Å². The highest BCUT2D eigenvalue weighted by molar-refractivity contribution is 5.94. The lowest BCUT2D eigenvalue weighted by Gasteiger charge is -2.18. The van der Waals surface area contributed by atoms with Gasteiger partial charge in [0.1, 0.15) is 16.9 Å². The van der Waals surface area contributed by atoms with Gasteiger partial charge in [0, 0.05) is 12.2 Å². The number of nitrogens with zero attached hydrogens (tertiary/aromatic N) is 4. The number of aromatic nitrogens is 3. The molecular formula is C27H28N4O4. The second-order valence-corrected chi connectivity index (χ2v) is 8.47. The zero-order chi connectivity index (χ0) is 25.1. The van der Waals surface area contributed by atoms with Crippen molar-refractivity contribution in [2.24, 2.45) is 4.99 Å². The summed E-state index contributed by atoms with van der Waals surface area (Å²) >= 11 is 0. The summed E-state index contributed by atoms with van der Waals surface area (Å²) in [5.74, 6) is -1.51. The van der Waals surface area contributed by atoms with Crippen LogP contribution in [0, 0.1) is 0 Å². The first-order chi connectivity index (χ1) is 16.9. The van der Waals surface area contributed by atoms with Gasteiger partial charge in [-0.3, -0.25) is 14.0 Å². The Labute approximate surface area is 202 Å². The Morgan fingerprint density at radius 1 is 1.06 bits per heavy atom. The number of fused-ring (bicyclic) bond motifs is 2. The molecule has 0 unspecified atom stereocenters. The molecule has 3 aromatic heterocycles. The van der Waals surface area contributed by atoms with Gasteiger partial charge in [0.2, 0.25) is 0 Å². The lowest BCUT2D eigenvalue weighted by Crippen LogP contribution is -2.34. The van der Waals surface area contributed by atoms with Crippen LogP contribution < -0.4 is 11.0 Å². The molecule has 0 fully saturated rings. The van der Waals surface area contributed by atoms with Crippen molar-refractivity contribution in [3.63, 3.8) is 0 Å². The maximum absolute atomic E-state index is 13.4. The Hall–Kier alpha value is -4.07. The molecule has 0 aliphatic rings. The molecule has 0 aliphatic heterocycles. The normalized spacial score (nSPS) is 12.9. The van der Waals surface area contributed by atoms with Gasteiger partial charge in [0.25, 0.3) is 11.5 Å². The number of carbonyl (C=O) groups is 2. The summed E-state index contributed by atoms with van der Waals surface area (Å²) in [6.45, 7) is 7.54. The molecule has 1 aromatic carbocycles. The molecule has 1 amide bonds. The number of hydrogen-bond acceptors (Lipinski definition) is 5. The lowest BCUT2D eigenvalue weighted by molar-refractivity contribution is -0.119. The number of pyridine rings is 2. The molecule has 8 nitrogen and oxygen atoms in total. The minimum Gasteiger partial charge on any atom is -0.462 e. The van der Waals surface area contributed by atoms with E-state index in [2.05, 4.69) is 4.99 Å². The summed E-state index contributed by atoms with van der Waals surface area (Å²) in [6.07, 6.45) is 2.17. The monoisotopic (exact) mass is 472 g/mol. The van der Waals surface area contributed by atoms with Gasteiger partial charge in [-0.15, -0.1) is 0 Å². The summed E-state index contributed by atoms with van der Waals surface area (Å²) in [4.78, 5) is 49.0. The van der Waals surface area contributed by atoms with E-state index in [9.17, 15) is 14.4 Å². The number of hydrogen-bond donors (Lipinski definition) is 0. The molecule has 0 spiro atoms. The third-order valence-electron chi connectivity index (χ3n) is 5.87. The molecule has 3 heterocycles. The zero-order valence-electron chi connectivity index (χ0n) is 20.3. The average Bonchev–Trinajstić information content (AvgIpc) is 2.85. The number of rotatable bonds is 6. The van der Waals surface area contributed by atoms with Gasteiger partial charge >= 0.3 is 5.97 Å². The van der Waals surface area contributed by atoms with Gasteiger partial charge in [-0.05, 0) is 51.0 Å². The van der Waals surface area contributed by atoms with Crippen molar-refractivity contribution in [1.82, 2.24) is 14.0 Å². The quantitative estimate of drug-likeness (QED) is 0.312. The third-order valence-corrected chi connectivity index (χ3v) is 5.87. The van der Waals surface area contributed by atoms with Gasteiger partial charge in [0.15, 0.2) is 5.49 Å². The van der Waals surface area contributed by atoms with Crippen LogP contribution in [0.2, 0.25) is 0 Å². The molecule has 35 heavy (non-hydrogen) atoms.